The fourth-order valence-electron chi connectivity index (χ4n) is 3.46. The van der Waals surface area contributed by atoms with E-state index in [1.165, 1.54) is 24.9 Å². The molecule has 13 nitrogen and oxygen atoms in total. The number of aliphatic hydroxyl groups is 3. The predicted octanol–water partition coefficient (Wildman–Crippen LogP) is -0.179. The van der Waals surface area contributed by atoms with Crippen LogP contribution in [0.25, 0.3) is 11.2 Å². The molecule has 3 rings (SSSR count). The number of aromatic nitrogens is 4. The minimum atomic E-state index is -4.39. The molecule has 180 valence electrons. The quantitative estimate of drug-likeness (QED) is 0.318. The van der Waals surface area contributed by atoms with Crippen molar-refractivity contribution in [1.82, 2.24) is 19.1 Å². The van der Waals surface area contributed by atoms with Crippen molar-refractivity contribution in [1.29, 1.82) is 0 Å². The summed E-state index contributed by atoms with van der Waals surface area (Å²) in [5, 5.41) is 29.4. The molecule has 0 saturated carbocycles. The zero-order valence-electron chi connectivity index (χ0n) is 18.3. The first kappa shape index (κ1) is 24.8. The Morgan fingerprint density at radius 3 is 2.62 bits per heavy atom. The van der Waals surface area contributed by atoms with Gasteiger partial charge in [0.2, 0.25) is 5.95 Å². The molecule has 1 aliphatic heterocycles. The Kier molecular flexibility index (Phi) is 6.83. The molecule has 1 aliphatic rings. The second-order valence-electron chi connectivity index (χ2n) is 8.17. The highest BCUT2D eigenvalue weighted by molar-refractivity contribution is 7.54. The lowest BCUT2D eigenvalue weighted by Crippen LogP contribution is -2.34. The molecule has 0 radical (unpaired) electrons. The first-order valence-corrected chi connectivity index (χ1v) is 11.9. The van der Waals surface area contributed by atoms with Gasteiger partial charge in [-0.25, -0.2) is 4.98 Å². The number of nitrogens with two attached hydrogens (primary N) is 1. The SMILES string of the molecule is CCC(C[C@H]1O[C@@H](n2cnc3c(=O)n(C)c(N)nc32)[C@H](O)[C@@H]1O)OP(=O)(O)C(C)(O)CC. The average molecular weight is 475 g/mol. The van der Waals surface area contributed by atoms with E-state index in [9.17, 15) is 29.6 Å². The van der Waals surface area contributed by atoms with E-state index in [-0.39, 0.29) is 30.0 Å². The minimum absolute atomic E-state index is 0.00382. The van der Waals surface area contributed by atoms with Crippen molar-refractivity contribution in [3.8, 4) is 0 Å². The van der Waals surface area contributed by atoms with E-state index < -0.39 is 49.1 Å². The van der Waals surface area contributed by atoms with E-state index in [2.05, 4.69) is 9.97 Å². The van der Waals surface area contributed by atoms with Crippen molar-refractivity contribution in [3.05, 3.63) is 16.7 Å². The number of imidazole rings is 1. The monoisotopic (exact) mass is 475 g/mol. The molecule has 2 aromatic rings. The Bertz CT molecular complexity index is 1090. The van der Waals surface area contributed by atoms with Gasteiger partial charge in [-0.2, -0.15) is 4.98 Å². The number of anilines is 1. The highest BCUT2D eigenvalue weighted by atomic mass is 31.2. The van der Waals surface area contributed by atoms with E-state index >= 15 is 0 Å². The van der Waals surface area contributed by atoms with E-state index in [0.717, 1.165) is 4.57 Å². The molecule has 32 heavy (non-hydrogen) atoms. The van der Waals surface area contributed by atoms with Crippen LogP contribution in [0.3, 0.4) is 0 Å². The number of nitrogens with zero attached hydrogens (tertiary/aromatic N) is 4. The summed E-state index contributed by atoms with van der Waals surface area (Å²) in [5.74, 6) is -0.0602. The Morgan fingerprint density at radius 2 is 2.03 bits per heavy atom. The topological polar surface area (TPSA) is 195 Å². The largest absolute Gasteiger partial charge is 0.388 e. The van der Waals surface area contributed by atoms with Gasteiger partial charge in [-0.1, -0.05) is 13.8 Å². The van der Waals surface area contributed by atoms with Crippen molar-refractivity contribution in [3.63, 3.8) is 0 Å². The van der Waals surface area contributed by atoms with Gasteiger partial charge in [0.25, 0.3) is 5.56 Å². The van der Waals surface area contributed by atoms with Crippen LogP contribution in [-0.2, 0) is 20.9 Å². The van der Waals surface area contributed by atoms with Gasteiger partial charge in [-0.05, 0) is 19.8 Å². The fourth-order valence-corrected chi connectivity index (χ4v) is 4.73. The highest BCUT2D eigenvalue weighted by Gasteiger charge is 2.47. The summed E-state index contributed by atoms with van der Waals surface area (Å²) in [6, 6.07) is 0. The molecular formula is C18H30N5O8P. The van der Waals surface area contributed by atoms with E-state index in [4.69, 9.17) is 15.0 Å². The van der Waals surface area contributed by atoms with Crippen molar-refractivity contribution >= 4 is 24.7 Å². The number of aliphatic hydroxyl groups excluding tert-OH is 2. The second kappa shape index (κ2) is 8.82. The van der Waals surface area contributed by atoms with Gasteiger partial charge in [0.05, 0.1) is 18.5 Å². The van der Waals surface area contributed by atoms with Crippen LogP contribution in [0.2, 0.25) is 0 Å². The number of fused-ring (bicyclic) bond motifs is 1. The lowest BCUT2D eigenvalue weighted by Gasteiger charge is -2.31. The van der Waals surface area contributed by atoms with E-state index in [1.807, 2.05) is 0 Å². The normalized spacial score (nSPS) is 28.5. The van der Waals surface area contributed by atoms with Crippen LogP contribution in [0, 0.1) is 0 Å². The predicted molar refractivity (Wildman–Crippen MR) is 114 cm³/mol. The second-order valence-corrected chi connectivity index (χ2v) is 10.4. The Morgan fingerprint density at radius 1 is 1.38 bits per heavy atom. The number of nitrogen functional groups attached to an aromatic ring is 1. The summed E-state index contributed by atoms with van der Waals surface area (Å²) in [6.45, 7) is 4.49. The van der Waals surface area contributed by atoms with Crippen LogP contribution < -0.4 is 11.3 Å². The third-order valence-corrected chi connectivity index (χ3v) is 8.09. The molecule has 1 fully saturated rings. The minimum Gasteiger partial charge on any atom is -0.388 e. The van der Waals surface area contributed by atoms with Crippen LogP contribution in [0.15, 0.2) is 11.1 Å². The van der Waals surface area contributed by atoms with Crippen LogP contribution >= 0.6 is 7.60 Å². The first-order valence-electron chi connectivity index (χ1n) is 10.3. The van der Waals surface area contributed by atoms with Crippen LogP contribution in [0.5, 0.6) is 0 Å². The highest BCUT2D eigenvalue weighted by Crippen LogP contribution is 2.57. The summed E-state index contributed by atoms with van der Waals surface area (Å²) in [6.07, 6.45) is -4.16. The zero-order valence-corrected chi connectivity index (χ0v) is 19.2. The summed E-state index contributed by atoms with van der Waals surface area (Å²) >= 11 is 0. The van der Waals surface area contributed by atoms with Gasteiger partial charge in [0.1, 0.15) is 12.2 Å². The van der Waals surface area contributed by atoms with Gasteiger partial charge in [-0.15, -0.1) is 0 Å². The van der Waals surface area contributed by atoms with Crippen LogP contribution in [-0.4, -0.2) is 69.1 Å². The molecule has 14 heteroatoms. The van der Waals surface area contributed by atoms with Gasteiger partial charge < -0.3 is 35.2 Å². The number of hydrogen-bond donors (Lipinski definition) is 5. The van der Waals surface area contributed by atoms with Crippen molar-refractivity contribution < 1.29 is 34.0 Å². The van der Waals surface area contributed by atoms with Gasteiger partial charge >= 0.3 is 7.60 Å². The summed E-state index contributed by atoms with van der Waals surface area (Å²) in [4.78, 5) is 30.7. The van der Waals surface area contributed by atoms with Crippen LogP contribution in [0.4, 0.5) is 5.95 Å². The molecule has 2 aromatic heterocycles. The standard InChI is InChI=1S/C18H30N5O8P/c1-5-9(31-32(28,29)18(3,27)6-2)7-10-12(24)13(25)16(30-10)23-8-20-11-14(23)21-17(19)22(4)15(11)26/h8-10,12-13,16,24-25,27H,5-7H2,1-4H3,(H2,19,21)(H,28,29)/t9?,10-,12-,13-,16-,18?/m1/s1. The van der Waals surface area contributed by atoms with Crippen molar-refractivity contribution in [2.24, 2.45) is 7.05 Å². The third-order valence-electron chi connectivity index (χ3n) is 5.97. The molecule has 0 amide bonds. The van der Waals surface area contributed by atoms with E-state index in [0.29, 0.717) is 6.42 Å². The molecule has 0 bridgehead atoms. The molecule has 0 spiro atoms. The van der Waals surface area contributed by atoms with E-state index in [1.54, 1.807) is 13.8 Å². The summed E-state index contributed by atoms with van der Waals surface area (Å²) in [5.41, 5.74) is 5.40. The maximum Gasteiger partial charge on any atom is 0.359 e. The van der Waals surface area contributed by atoms with Crippen molar-refractivity contribution in [2.75, 3.05) is 5.73 Å². The third kappa shape index (κ3) is 4.21. The maximum atomic E-state index is 12.5. The lowest BCUT2D eigenvalue weighted by molar-refractivity contribution is -0.0490. The number of hydrogen-bond acceptors (Lipinski definition) is 10. The Labute approximate surface area is 184 Å². The average Bonchev–Trinajstić information content (AvgIpc) is 3.27. The maximum absolute atomic E-state index is 12.5. The Hall–Kier alpha value is -1.86. The molecule has 0 aliphatic carbocycles. The smallest absolute Gasteiger partial charge is 0.359 e. The molecular weight excluding hydrogens is 445 g/mol. The lowest BCUT2D eigenvalue weighted by atomic mass is 10.0. The molecule has 0 aromatic carbocycles. The van der Waals surface area contributed by atoms with Gasteiger partial charge in [0.15, 0.2) is 22.7 Å². The number of ether oxygens (including phenoxy) is 1. The molecule has 1 saturated heterocycles. The molecule has 7 atom stereocenters. The zero-order chi connectivity index (χ0) is 24.0. The van der Waals surface area contributed by atoms with Gasteiger partial charge in [-0.3, -0.25) is 18.5 Å². The number of rotatable bonds is 8. The fraction of sp³-hybridized carbons (Fsp3) is 0.722. The van der Waals surface area contributed by atoms with Gasteiger partial charge in [0, 0.05) is 13.5 Å². The molecule has 3 heterocycles. The molecule has 3 unspecified atom stereocenters. The first-order chi connectivity index (χ1) is 14.8. The van der Waals surface area contributed by atoms with Crippen LogP contribution in [0.1, 0.15) is 46.3 Å². The Balaban J connectivity index is 1.83. The molecule has 6 N–H and O–H groups in total. The van der Waals surface area contributed by atoms with Crippen molar-refractivity contribution in [2.45, 2.75) is 76.0 Å². The summed E-state index contributed by atoms with van der Waals surface area (Å²) in [7, 11) is -2.94. The summed E-state index contributed by atoms with van der Waals surface area (Å²) < 4.78 is 26.1.